The van der Waals surface area contributed by atoms with Gasteiger partial charge in [-0.2, -0.15) is 0 Å². The van der Waals surface area contributed by atoms with E-state index >= 15 is 0 Å². The first-order chi connectivity index (χ1) is 9.70. The highest BCUT2D eigenvalue weighted by Crippen LogP contribution is 2.31. The van der Waals surface area contributed by atoms with E-state index in [1.807, 2.05) is 24.4 Å². The first kappa shape index (κ1) is 16.8. The first-order valence-corrected chi connectivity index (χ1v) is 6.23. The molecule has 0 saturated carbocycles. The Balaban J connectivity index is 0.00000220. The van der Waals surface area contributed by atoms with E-state index in [0.717, 1.165) is 6.54 Å². The molecule has 0 radical (unpaired) electrons. The number of rotatable bonds is 6. The van der Waals surface area contributed by atoms with E-state index in [1.54, 1.807) is 0 Å². The van der Waals surface area contributed by atoms with Gasteiger partial charge in [0.05, 0.1) is 24.6 Å². The van der Waals surface area contributed by atoms with Gasteiger partial charge in [0, 0.05) is 12.6 Å². The maximum absolute atomic E-state index is 10.8. The number of halogens is 1. The van der Waals surface area contributed by atoms with Gasteiger partial charge in [0.1, 0.15) is 6.61 Å². The molecule has 1 heterocycles. The number of hydrogen-bond acceptors (Lipinski definition) is 5. The lowest BCUT2D eigenvalue weighted by Crippen LogP contribution is -2.24. The van der Waals surface area contributed by atoms with Gasteiger partial charge in [-0.15, -0.1) is 12.4 Å². The lowest BCUT2D eigenvalue weighted by Gasteiger charge is -2.20. The minimum Gasteiger partial charge on any atom is -0.493 e. The van der Waals surface area contributed by atoms with E-state index in [0.29, 0.717) is 24.7 Å². The summed E-state index contributed by atoms with van der Waals surface area (Å²) in [6, 6.07) is 4.31. The molecule has 0 aliphatic carbocycles. The molecule has 0 spiro atoms. The third kappa shape index (κ3) is 4.68. The molecule has 7 heteroatoms. The van der Waals surface area contributed by atoms with Crippen molar-refractivity contribution in [2.75, 3.05) is 26.8 Å². The largest absolute Gasteiger partial charge is 0.493 e. The molecular weight excluding hydrogens is 296 g/mol. The van der Waals surface area contributed by atoms with Crippen molar-refractivity contribution in [1.29, 1.82) is 0 Å². The van der Waals surface area contributed by atoms with Crippen molar-refractivity contribution < 1.29 is 14.4 Å². The summed E-state index contributed by atoms with van der Waals surface area (Å²) in [5.74, 6) is 0.878. The maximum Gasteiger partial charge on any atom is 0.273 e. The number of ether oxygens (including phenoxy) is 2. The van der Waals surface area contributed by atoms with Crippen LogP contribution in [0.15, 0.2) is 42.6 Å². The third-order valence-electron chi connectivity index (χ3n) is 2.88. The van der Waals surface area contributed by atoms with E-state index in [-0.39, 0.29) is 18.1 Å². The van der Waals surface area contributed by atoms with E-state index in [2.05, 4.69) is 4.90 Å². The smallest absolute Gasteiger partial charge is 0.273 e. The molecule has 0 fully saturated rings. The van der Waals surface area contributed by atoms with Crippen LogP contribution < -0.4 is 9.47 Å². The molecule has 6 nitrogen and oxygen atoms in total. The highest BCUT2D eigenvalue weighted by molar-refractivity contribution is 5.85. The molecule has 2 rings (SSSR count). The quantitative estimate of drug-likeness (QED) is 0.597. The summed E-state index contributed by atoms with van der Waals surface area (Å²) in [6.45, 7) is 1.97. The summed E-state index contributed by atoms with van der Waals surface area (Å²) in [4.78, 5) is 12.4. The standard InChI is InChI=1S/C14H16N2O4.ClH/c1-19-13-6-5-12(16(17)18)11-14(13)20-10-9-15-7-3-2-4-8-15;/h2-7,11H,8-10H2,1H3;1H. The Morgan fingerprint density at radius 3 is 2.76 bits per heavy atom. The number of benzene rings is 1. The van der Waals surface area contributed by atoms with Crippen LogP contribution in [0.1, 0.15) is 0 Å². The van der Waals surface area contributed by atoms with Gasteiger partial charge >= 0.3 is 0 Å². The van der Waals surface area contributed by atoms with Crippen LogP contribution >= 0.6 is 12.4 Å². The Labute approximate surface area is 129 Å². The Kier molecular flexibility index (Phi) is 6.55. The van der Waals surface area contributed by atoms with E-state index in [1.165, 1.54) is 25.3 Å². The molecular formula is C14H17ClN2O4. The number of methoxy groups -OCH3 is 1. The number of nitrogens with zero attached hydrogens (tertiary/aromatic N) is 2. The zero-order chi connectivity index (χ0) is 14.4. The van der Waals surface area contributed by atoms with Gasteiger partial charge in [-0.3, -0.25) is 10.1 Å². The Morgan fingerprint density at radius 2 is 2.14 bits per heavy atom. The van der Waals surface area contributed by atoms with Crippen LogP contribution in [0.5, 0.6) is 11.5 Å². The lowest BCUT2D eigenvalue weighted by atomic mass is 10.3. The van der Waals surface area contributed by atoms with Crippen LogP contribution in [0, 0.1) is 10.1 Å². The minimum absolute atomic E-state index is 0. The van der Waals surface area contributed by atoms with Gasteiger partial charge in [-0.1, -0.05) is 12.2 Å². The summed E-state index contributed by atoms with van der Waals surface area (Å²) >= 11 is 0. The van der Waals surface area contributed by atoms with Gasteiger partial charge in [0.15, 0.2) is 11.5 Å². The summed E-state index contributed by atoms with van der Waals surface area (Å²) in [5, 5.41) is 10.8. The normalized spacial score (nSPS) is 12.7. The fourth-order valence-electron chi connectivity index (χ4n) is 1.84. The lowest BCUT2D eigenvalue weighted by molar-refractivity contribution is -0.385. The molecule has 1 aliphatic rings. The highest BCUT2D eigenvalue weighted by atomic mass is 35.5. The zero-order valence-corrected chi connectivity index (χ0v) is 12.4. The molecule has 1 aromatic rings. The van der Waals surface area contributed by atoms with Gasteiger partial charge in [0.2, 0.25) is 0 Å². The Hall–Kier alpha value is -2.21. The van der Waals surface area contributed by atoms with Crippen molar-refractivity contribution in [3.8, 4) is 11.5 Å². The second kappa shape index (κ2) is 8.16. The predicted octanol–water partition coefficient (Wildman–Crippen LogP) is 2.79. The van der Waals surface area contributed by atoms with Crippen molar-refractivity contribution >= 4 is 18.1 Å². The Morgan fingerprint density at radius 1 is 1.33 bits per heavy atom. The SMILES string of the molecule is COc1ccc([N+](=O)[O-])cc1OCCN1C=CC=CC1.Cl. The van der Waals surface area contributed by atoms with Crippen molar-refractivity contribution in [2.45, 2.75) is 0 Å². The number of non-ortho nitro benzene ring substituents is 1. The molecule has 0 unspecified atom stereocenters. The molecule has 0 atom stereocenters. The maximum atomic E-state index is 10.8. The summed E-state index contributed by atoms with van der Waals surface area (Å²) < 4.78 is 10.7. The van der Waals surface area contributed by atoms with E-state index in [4.69, 9.17) is 9.47 Å². The van der Waals surface area contributed by atoms with Crippen LogP contribution in [0.3, 0.4) is 0 Å². The number of allylic oxidation sites excluding steroid dienone is 2. The second-order valence-corrected chi connectivity index (χ2v) is 4.21. The molecule has 1 aromatic carbocycles. The molecule has 0 N–H and O–H groups in total. The molecule has 0 amide bonds. The first-order valence-electron chi connectivity index (χ1n) is 6.23. The number of hydrogen-bond donors (Lipinski definition) is 0. The van der Waals surface area contributed by atoms with E-state index in [9.17, 15) is 10.1 Å². The molecule has 1 aliphatic heterocycles. The van der Waals surface area contributed by atoms with Crippen molar-refractivity contribution in [2.24, 2.45) is 0 Å². The van der Waals surface area contributed by atoms with Crippen LogP contribution in [-0.4, -0.2) is 36.6 Å². The molecule has 21 heavy (non-hydrogen) atoms. The fourth-order valence-corrected chi connectivity index (χ4v) is 1.84. The predicted molar refractivity (Wildman–Crippen MR) is 82.2 cm³/mol. The average molecular weight is 313 g/mol. The molecule has 0 bridgehead atoms. The second-order valence-electron chi connectivity index (χ2n) is 4.21. The van der Waals surface area contributed by atoms with Gasteiger partial charge in [-0.05, 0) is 18.3 Å². The zero-order valence-electron chi connectivity index (χ0n) is 11.6. The molecule has 114 valence electrons. The number of nitro benzene ring substituents is 1. The summed E-state index contributed by atoms with van der Waals surface area (Å²) in [6.07, 6.45) is 7.97. The van der Waals surface area contributed by atoms with Gasteiger partial charge < -0.3 is 14.4 Å². The third-order valence-corrected chi connectivity index (χ3v) is 2.88. The highest BCUT2D eigenvalue weighted by Gasteiger charge is 2.12. The Bertz CT molecular complexity index is 546. The van der Waals surface area contributed by atoms with Crippen LogP contribution in [0.25, 0.3) is 0 Å². The number of nitro groups is 1. The van der Waals surface area contributed by atoms with Crippen LogP contribution in [0.4, 0.5) is 5.69 Å². The topological polar surface area (TPSA) is 64.8 Å². The molecule has 0 aromatic heterocycles. The summed E-state index contributed by atoms with van der Waals surface area (Å²) in [7, 11) is 1.51. The van der Waals surface area contributed by atoms with Gasteiger partial charge in [0.25, 0.3) is 5.69 Å². The summed E-state index contributed by atoms with van der Waals surface area (Å²) in [5.41, 5.74) is -0.0124. The average Bonchev–Trinajstić information content (AvgIpc) is 2.48. The van der Waals surface area contributed by atoms with Crippen LogP contribution in [0.2, 0.25) is 0 Å². The van der Waals surface area contributed by atoms with Crippen molar-refractivity contribution in [3.05, 3.63) is 52.7 Å². The fraction of sp³-hybridized carbons (Fsp3) is 0.286. The van der Waals surface area contributed by atoms with E-state index < -0.39 is 4.92 Å². The van der Waals surface area contributed by atoms with Crippen molar-refractivity contribution in [1.82, 2.24) is 4.90 Å². The van der Waals surface area contributed by atoms with Crippen molar-refractivity contribution in [3.63, 3.8) is 0 Å². The monoisotopic (exact) mass is 312 g/mol. The van der Waals surface area contributed by atoms with Crippen LogP contribution in [-0.2, 0) is 0 Å². The minimum atomic E-state index is -0.454. The van der Waals surface area contributed by atoms with Gasteiger partial charge in [-0.25, -0.2) is 0 Å². The molecule has 0 saturated heterocycles.